The third-order valence-electron chi connectivity index (χ3n) is 1.57. The van der Waals surface area contributed by atoms with Crippen molar-refractivity contribution in [1.29, 1.82) is 0 Å². The van der Waals surface area contributed by atoms with Gasteiger partial charge in [0.15, 0.2) is 0 Å². The summed E-state index contributed by atoms with van der Waals surface area (Å²) in [6.07, 6.45) is 1.35. The van der Waals surface area contributed by atoms with Gasteiger partial charge in [0.05, 0.1) is 0 Å². The molecule has 0 radical (unpaired) electrons. The summed E-state index contributed by atoms with van der Waals surface area (Å²) in [4.78, 5) is 10.2. The van der Waals surface area contributed by atoms with Gasteiger partial charge in [-0.25, -0.2) is 0 Å². The van der Waals surface area contributed by atoms with Gasteiger partial charge in [-0.3, -0.25) is 0 Å². The molecule has 1 aromatic rings. The zero-order valence-electron chi connectivity index (χ0n) is 6.39. The molecule has 1 nitrogen and oxygen atoms in total. The van der Waals surface area contributed by atoms with Crippen molar-refractivity contribution in [3.8, 4) is 0 Å². The fourth-order valence-electron chi connectivity index (χ4n) is 0.954. The van der Waals surface area contributed by atoms with Crippen molar-refractivity contribution >= 4 is 33.8 Å². The molecule has 0 amide bonds. The molecule has 0 spiro atoms. The smallest absolute Gasteiger partial charge is 0.124 e. The lowest BCUT2D eigenvalue weighted by Gasteiger charge is -2.01. The Morgan fingerprint density at radius 2 is 2.25 bits per heavy atom. The highest BCUT2D eigenvalue weighted by Gasteiger charge is 1.99. The van der Waals surface area contributed by atoms with Gasteiger partial charge in [-0.05, 0) is 17.2 Å². The standard InChI is InChI=1S/C9H8BrClO/c10-9-2-1-7(3-4-12)5-8(9)6-11/h1-2,4-5H,3,6H2. The Morgan fingerprint density at radius 3 is 2.83 bits per heavy atom. The molecule has 0 unspecified atom stereocenters. The molecule has 64 valence electrons. The Morgan fingerprint density at radius 1 is 1.50 bits per heavy atom. The van der Waals surface area contributed by atoms with Crippen LogP contribution < -0.4 is 0 Å². The Balaban J connectivity index is 2.96. The van der Waals surface area contributed by atoms with Crippen LogP contribution in [0.1, 0.15) is 11.1 Å². The average Bonchev–Trinajstić information content (AvgIpc) is 2.09. The molecule has 0 aliphatic rings. The van der Waals surface area contributed by atoms with Crippen LogP contribution in [0, 0.1) is 0 Å². The summed E-state index contributed by atoms with van der Waals surface area (Å²) < 4.78 is 0.993. The van der Waals surface area contributed by atoms with E-state index in [0.717, 1.165) is 21.9 Å². The van der Waals surface area contributed by atoms with E-state index < -0.39 is 0 Å². The fourth-order valence-corrected chi connectivity index (χ4v) is 1.72. The van der Waals surface area contributed by atoms with Crippen LogP contribution in [-0.4, -0.2) is 6.29 Å². The molecule has 1 rings (SSSR count). The van der Waals surface area contributed by atoms with E-state index >= 15 is 0 Å². The van der Waals surface area contributed by atoms with Crippen molar-refractivity contribution in [3.05, 3.63) is 33.8 Å². The van der Waals surface area contributed by atoms with Gasteiger partial charge in [-0.15, -0.1) is 11.6 Å². The van der Waals surface area contributed by atoms with Crippen molar-refractivity contribution in [2.24, 2.45) is 0 Å². The molecular formula is C9H8BrClO. The SMILES string of the molecule is O=CCc1ccc(Br)c(CCl)c1. The van der Waals surface area contributed by atoms with Gasteiger partial charge in [0.1, 0.15) is 6.29 Å². The maximum Gasteiger partial charge on any atom is 0.124 e. The Bertz CT molecular complexity index is 286. The normalized spacial score (nSPS) is 9.83. The number of alkyl halides is 1. The maximum atomic E-state index is 10.2. The van der Waals surface area contributed by atoms with Crippen molar-refractivity contribution in [1.82, 2.24) is 0 Å². The summed E-state index contributed by atoms with van der Waals surface area (Å²) in [6.45, 7) is 0. The monoisotopic (exact) mass is 246 g/mol. The minimum absolute atomic E-state index is 0.456. The number of hydrogen-bond acceptors (Lipinski definition) is 1. The summed E-state index contributed by atoms with van der Waals surface area (Å²) in [5, 5.41) is 0. The fraction of sp³-hybridized carbons (Fsp3) is 0.222. The number of hydrogen-bond donors (Lipinski definition) is 0. The van der Waals surface area contributed by atoms with Crippen molar-refractivity contribution in [2.45, 2.75) is 12.3 Å². The third-order valence-corrected chi connectivity index (χ3v) is 2.63. The van der Waals surface area contributed by atoms with Crippen LogP contribution in [0.3, 0.4) is 0 Å². The quantitative estimate of drug-likeness (QED) is 0.593. The number of benzene rings is 1. The Kier molecular flexibility index (Phi) is 3.76. The van der Waals surface area contributed by atoms with Crippen LogP contribution in [0.25, 0.3) is 0 Å². The predicted octanol–water partition coefficient (Wildman–Crippen LogP) is 2.93. The van der Waals surface area contributed by atoms with Crippen LogP contribution in [0.15, 0.2) is 22.7 Å². The van der Waals surface area contributed by atoms with E-state index in [-0.39, 0.29) is 0 Å². The molecule has 0 saturated heterocycles. The summed E-state index contributed by atoms with van der Waals surface area (Å²) >= 11 is 9.05. The number of rotatable bonds is 3. The highest BCUT2D eigenvalue weighted by Crippen LogP contribution is 2.19. The second-order valence-corrected chi connectivity index (χ2v) is 3.55. The minimum Gasteiger partial charge on any atom is -0.303 e. The summed E-state index contributed by atoms with van der Waals surface area (Å²) in [5.41, 5.74) is 2.03. The van der Waals surface area contributed by atoms with Crippen LogP contribution in [0.5, 0.6) is 0 Å². The first kappa shape index (κ1) is 9.75. The number of halogens is 2. The van der Waals surface area contributed by atoms with Gasteiger partial charge >= 0.3 is 0 Å². The molecule has 3 heteroatoms. The second-order valence-electron chi connectivity index (χ2n) is 2.43. The first-order valence-corrected chi connectivity index (χ1v) is 4.87. The van der Waals surface area contributed by atoms with Crippen molar-refractivity contribution < 1.29 is 4.79 Å². The topological polar surface area (TPSA) is 17.1 Å². The molecular weight excluding hydrogens is 239 g/mol. The zero-order valence-corrected chi connectivity index (χ0v) is 8.73. The second kappa shape index (κ2) is 4.63. The molecule has 0 heterocycles. The van der Waals surface area contributed by atoms with E-state index in [1.54, 1.807) is 0 Å². The third kappa shape index (κ3) is 2.32. The zero-order chi connectivity index (χ0) is 8.97. The van der Waals surface area contributed by atoms with E-state index in [9.17, 15) is 4.79 Å². The molecule has 0 aliphatic carbocycles. The number of carbonyl (C=O) groups is 1. The molecule has 0 saturated carbocycles. The van der Waals surface area contributed by atoms with Crippen molar-refractivity contribution in [3.63, 3.8) is 0 Å². The summed E-state index contributed by atoms with van der Waals surface area (Å²) in [6, 6.07) is 5.76. The minimum atomic E-state index is 0.456. The lowest BCUT2D eigenvalue weighted by Crippen LogP contribution is -1.88. The first-order valence-electron chi connectivity index (χ1n) is 3.55. The Hall–Kier alpha value is -0.340. The van der Waals surface area contributed by atoms with E-state index in [4.69, 9.17) is 11.6 Å². The maximum absolute atomic E-state index is 10.2. The number of aldehydes is 1. The van der Waals surface area contributed by atoms with Crippen LogP contribution in [-0.2, 0) is 17.1 Å². The highest BCUT2D eigenvalue weighted by atomic mass is 79.9. The van der Waals surface area contributed by atoms with Crippen LogP contribution in [0.4, 0.5) is 0 Å². The summed E-state index contributed by atoms with van der Waals surface area (Å²) in [5.74, 6) is 0.466. The van der Waals surface area contributed by atoms with Crippen molar-refractivity contribution in [2.75, 3.05) is 0 Å². The van der Waals surface area contributed by atoms with Gasteiger partial charge in [0.25, 0.3) is 0 Å². The van der Waals surface area contributed by atoms with E-state index in [2.05, 4.69) is 15.9 Å². The summed E-state index contributed by atoms with van der Waals surface area (Å²) in [7, 11) is 0. The van der Waals surface area contributed by atoms with Gasteiger partial charge in [-0.2, -0.15) is 0 Å². The van der Waals surface area contributed by atoms with Gasteiger partial charge in [0, 0.05) is 16.8 Å². The lowest BCUT2D eigenvalue weighted by molar-refractivity contribution is -0.107. The van der Waals surface area contributed by atoms with E-state index in [1.807, 2.05) is 18.2 Å². The van der Waals surface area contributed by atoms with Gasteiger partial charge in [0.2, 0.25) is 0 Å². The average molecular weight is 248 g/mol. The Labute approximate surface area is 84.9 Å². The number of carbonyl (C=O) groups excluding carboxylic acids is 1. The molecule has 0 bridgehead atoms. The largest absolute Gasteiger partial charge is 0.303 e. The molecule has 12 heavy (non-hydrogen) atoms. The molecule has 0 fully saturated rings. The molecule has 1 aromatic carbocycles. The van der Waals surface area contributed by atoms with Crippen LogP contribution >= 0.6 is 27.5 Å². The van der Waals surface area contributed by atoms with Crippen LogP contribution in [0.2, 0.25) is 0 Å². The van der Waals surface area contributed by atoms with Gasteiger partial charge in [-0.1, -0.05) is 28.1 Å². The van der Waals surface area contributed by atoms with E-state index in [0.29, 0.717) is 12.3 Å². The first-order chi connectivity index (χ1) is 5.77. The molecule has 0 atom stereocenters. The van der Waals surface area contributed by atoms with E-state index in [1.165, 1.54) is 0 Å². The molecule has 0 aliphatic heterocycles. The molecule has 0 N–H and O–H groups in total. The van der Waals surface area contributed by atoms with Gasteiger partial charge < -0.3 is 4.79 Å². The lowest BCUT2D eigenvalue weighted by atomic mass is 10.1. The molecule has 0 aromatic heterocycles. The predicted molar refractivity (Wildman–Crippen MR) is 53.5 cm³/mol. The highest BCUT2D eigenvalue weighted by molar-refractivity contribution is 9.10.